The van der Waals surface area contributed by atoms with Gasteiger partial charge < -0.3 is 15.2 Å². The van der Waals surface area contributed by atoms with Gasteiger partial charge >= 0.3 is 0 Å². The number of ether oxygens (including phenoxy) is 1. The first-order chi connectivity index (χ1) is 7.36. The molecule has 2 aliphatic rings. The molecule has 1 aliphatic carbocycles. The lowest BCUT2D eigenvalue weighted by Crippen LogP contribution is -2.44. The van der Waals surface area contributed by atoms with E-state index < -0.39 is 0 Å². The van der Waals surface area contributed by atoms with E-state index in [-0.39, 0.29) is 6.10 Å². The van der Waals surface area contributed by atoms with Gasteiger partial charge in [0.25, 0.3) is 0 Å². The van der Waals surface area contributed by atoms with Crippen molar-refractivity contribution in [3.8, 4) is 0 Å². The number of aliphatic hydroxyl groups is 1. The lowest BCUT2D eigenvalue weighted by atomic mass is 9.92. The predicted molar refractivity (Wildman–Crippen MR) is 59.8 cm³/mol. The zero-order valence-corrected chi connectivity index (χ0v) is 9.45. The molecule has 15 heavy (non-hydrogen) atoms. The number of nitrogens with one attached hydrogen (secondary N) is 1. The first-order valence-corrected chi connectivity index (χ1v) is 6.35. The Morgan fingerprint density at radius 3 is 2.73 bits per heavy atom. The molecule has 0 spiro atoms. The Balaban J connectivity index is 1.67. The maximum absolute atomic E-state index is 9.80. The van der Waals surface area contributed by atoms with E-state index in [2.05, 4.69) is 5.32 Å². The molecule has 0 aromatic rings. The van der Waals surface area contributed by atoms with E-state index in [1.54, 1.807) is 0 Å². The molecule has 88 valence electrons. The van der Waals surface area contributed by atoms with Crippen molar-refractivity contribution in [2.75, 3.05) is 19.8 Å². The molecule has 0 radical (unpaired) electrons. The highest BCUT2D eigenvalue weighted by atomic mass is 16.5. The van der Waals surface area contributed by atoms with Gasteiger partial charge in [0.15, 0.2) is 0 Å². The SMILES string of the molecule is O[C@H]1CCCC[C@@H]1NCC1CCCOC1. The lowest BCUT2D eigenvalue weighted by molar-refractivity contribution is 0.0450. The minimum atomic E-state index is -0.122. The molecule has 1 unspecified atom stereocenters. The van der Waals surface area contributed by atoms with Crippen molar-refractivity contribution in [1.82, 2.24) is 5.32 Å². The van der Waals surface area contributed by atoms with E-state index in [0.717, 1.165) is 32.6 Å². The van der Waals surface area contributed by atoms with Gasteiger partial charge in [0.2, 0.25) is 0 Å². The highest BCUT2D eigenvalue weighted by Gasteiger charge is 2.23. The van der Waals surface area contributed by atoms with Gasteiger partial charge in [-0.05, 0) is 31.6 Å². The second kappa shape index (κ2) is 5.83. The highest BCUT2D eigenvalue weighted by molar-refractivity contribution is 4.81. The molecule has 0 amide bonds. The van der Waals surface area contributed by atoms with Gasteiger partial charge in [0, 0.05) is 19.2 Å². The van der Waals surface area contributed by atoms with Gasteiger partial charge in [0.05, 0.1) is 12.7 Å². The molecule has 2 rings (SSSR count). The van der Waals surface area contributed by atoms with Crippen LogP contribution in [0.3, 0.4) is 0 Å². The normalized spacial score (nSPS) is 37.8. The van der Waals surface area contributed by atoms with Gasteiger partial charge in [0.1, 0.15) is 0 Å². The zero-order valence-electron chi connectivity index (χ0n) is 9.45. The first-order valence-electron chi connectivity index (χ1n) is 6.35. The van der Waals surface area contributed by atoms with E-state index >= 15 is 0 Å². The number of hydrogen-bond donors (Lipinski definition) is 2. The Morgan fingerprint density at radius 2 is 2.00 bits per heavy atom. The first kappa shape index (κ1) is 11.4. The maximum Gasteiger partial charge on any atom is 0.0693 e. The molecule has 2 fully saturated rings. The van der Waals surface area contributed by atoms with E-state index in [1.165, 1.54) is 25.7 Å². The van der Waals surface area contributed by atoms with E-state index in [0.29, 0.717) is 12.0 Å². The highest BCUT2D eigenvalue weighted by Crippen LogP contribution is 2.19. The summed E-state index contributed by atoms with van der Waals surface area (Å²) in [4.78, 5) is 0. The van der Waals surface area contributed by atoms with Crippen LogP contribution in [0.5, 0.6) is 0 Å². The van der Waals surface area contributed by atoms with Crippen molar-refractivity contribution in [1.29, 1.82) is 0 Å². The molecule has 0 bridgehead atoms. The fourth-order valence-corrected chi connectivity index (χ4v) is 2.64. The van der Waals surface area contributed by atoms with Gasteiger partial charge in [-0.15, -0.1) is 0 Å². The largest absolute Gasteiger partial charge is 0.392 e. The third-order valence-corrected chi connectivity index (χ3v) is 3.65. The molecule has 0 aromatic heterocycles. The van der Waals surface area contributed by atoms with Crippen LogP contribution in [0.4, 0.5) is 0 Å². The van der Waals surface area contributed by atoms with Gasteiger partial charge in [-0.2, -0.15) is 0 Å². The molecule has 1 saturated carbocycles. The van der Waals surface area contributed by atoms with Crippen molar-refractivity contribution in [2.24, 2.45) is 5.92 Å². The molecule has 1 heterocycles. The summed E-state index contributed by atoms with van der Waals surface area (Å²) in [5.41, 5.74) is 0. The summed E-state index contributed by atoms with van der Waals surface area (Å²) in [5.74, 6) is 0.660. The van der Waals surface area contributed by atoms with Crippen molar-refractivity contribution in [3.05, 3.63) is 0 Å². The summed E-state index contributed by atoms with van der Waals surface area (Å²) in [6.45, 7) is 2.85. The molecule has 3 nitrogen and oxygen atoms in total. The van der Waals surface area contributed by atoms with E-state index in [9.17, 15) is 5.11 Å². The predicted octanol–water partition coefficient (Wildman–Crippen LogP) is 1.31. The van der Waals surface area contributed by atoms with Gasteiger partial charge in [-0.25, -0.2) is 0 Å². The third-order valence-electron chi connectivity index (χ3n) is 3.65. The van der Waals surface area contributed by atoms with E-state index in [4.69, 9.17) is 4.74 Å². The zero-order chi connectivity index (χ0) is 10.5. The fourth-order valence-electron chi connectivity index (χ4n) is 2.64. The summed E-state index contributed by atoms with van der Waals surface area (Å²) in [7, 11) is 0. The molecular formula is C12H23NO2. The smallest absolute Gasteiger partial charge is 0.0693 e. The minimum Gasteiger partial charge on any atom is -0.392 e. The van der Waals surface area contributed by atoms with Crippen LogP contribution in [0.25, 0.3) is 0 Å². The molecule has 3 heteroatoms. The average molecular weight is 213 g/mol. The average Bonchev–Trinajstić information content (AvgIpc) is 2.29. The standard InChI is InChI=1S/C12H23NO2/c14-12-6-2-1-5-11(12)13-8-10-4-3-7-15-9-10/h10-14H,1-9H2/t10?,11-,12-/m0/s1. The third kappa shape index (κ3) is 3.44. The second-order valence-electron chi connectivity index (χ2n) is 4.95. The summed E-state index contributed by atoms with van der Waals surface area (Å²) < 4.78 is 5.45. The molecule has 0 aromatic carbocycles. The molecular weight excluding hydrogens is 190 g/mol. The number of aliphatic hydroxyl groups excluding tert-OH is 1. The Hall–Kier alpha value is -0.120. The van der Waals surface area contributed by atoms with Crippen LogP contribution in [0.2, 0.25) is 0 Å². The van der Waals surface area contributed by atoms with Crippen LogP contribution in [0, 0.1) is 5.92 Å². The number of rotatable bonds is 3. The van der Waals surface area contributed by atoms with Crippen molar-refractivity contribution in [2.45, 2.75) is 50.7 Å². The Labute approximate surface area is 92.2 Å². The second-order valence-corrected chi connectivity index (χ2v) is 4.95. The van der Waals surface area contributed by atoms with Crippen LogP contribution in [0.1, 0.15) is 38.5 Å². The maximum atomic E-state index is 9.80. The monoisotopic (exact) mass is 213 g/mol. The van der Waals surface area contributed by atoms with Crippen LogP contribution in [-0.4, -0.2) is 37.0 Å². The van der Waals surface area contributed by atoms with Crippen LogP contribution in [-0.2, 0) is 4.74 Å². The van der Waals surface area contributed by atoms with Crippen LogP contribution in [0.15, 0.2) is 0 Å². The molecule has 2 N–H and O–H groups in total. The molecule has 1 aliphatic heterocycles. The fraction of sp³-hybridized carbons (Fsp3) is 1.00. The summed E-state index contributed by atoms with van der Waals surface area (Å²) in [6, 6.07) is 0.334. The Kier molecular flexibility index (Phi) is 4.42. The van der Waals surface area contributed by atoms with Crippen molar-refractivity contribution < 1.29 is 9.84 Å². The van der Waals surface area contributed by atoms with Crippen molar-refractivity contribution in [3.63, 3.8) is 0 Å². The molecule has 3 atom stereocenters. The van der Waals surface area contributed by atoms with Crippen LogP contribution >= 0.6 is 0 Å². The minimum absolute atomic E-state index is 0.122. The van der Waals surface area contributed by atoms with Gasteiger partial charge in [-0.1, -0.05) is 12.8 Å². The van der Waals surface area contributed by atoms with Gasteiger partial charge in [-0.3, -0.25) is 0 Å². The quantitative estimate of drug-likeness (QED) is 0.742. The van der Waals surface area contributed by atoms with Crippen molar-refractivity contribution >= 4 is 0 Å². The Morgan fingerprint density at radius 1 is 1.13 bits per heavy atom. The van der Waals surface area contributed by atoms with Crippen LogP contribution < -0.4 is 5.32 Å². The molecule has 1 saturated heterocycles. The summed E-state index contributed by atoms with van der Waals surface area (Å²) >= 11 is 0. The topological polar surface area (TPSA) is 41.5 Å². The summed E-state index contributed by atoms with van der Waals surface area (Å²) in [5, 5.41) is 13.3. The Bertz CT molecular complexity index is 180. The summed E-state index contributed by atoms with van der Waals surface area (Å²) in [6.07, 6.45) is 6.90. The van der Waals surface area contributed by atoms with E-state index in [1.807, 2.05) is 0 Å². The number of hydrogen-bond acceptors (Lipinski definition) is 3. The lowest BCUT2D eigenvalue weighted by Gasteiger charge is -2.31.